The molecule has 0 fully saturated rings. The van der Waals surface area contributed by atoms with Gasteiger partial charge in [0.2, 0.25) is 10.0 Å². The predicted molar refractivity (Wildman–Crippen MR) is 80.4 cm³/mol. The second-order valence-corrected chi connectivity index (χ2v) is 6.52. The van der Waals surface area contributed by atoms with Crippen LogP contribution >= 0.6 is 0 Å². The molecule has 0 aliphatic heterocycles. The maximum Gasteiger partial charge on any atom is 0.287 e. The van der Waals surface area contributed by atoms with Crippen LogP contribution in [0.2, 0.25) is 0 Å². The first-order valence-corrected chi connectivity index (χ1v) is 8.26. The van der Waals surface area contributed by atoms with Gasteiger partial charge in [-0.05, 0) is 30.7 Å². The molecular formula is C13H17N3O4S. The third-order valence-electron chi connectivity index (χ3n) is 2.77. The van der Waals surface area contributed by atoms with Gasteiger partial charge in [0.1, 0.15) is 5.58 Å². The SMILES string of the molecule is CS(=O)(=O)NCCCNC(=O)c1cc2cc(N)ccc2o1. The average Bonchev–Trinajstić information content (AvgIpc) is 2.79. The van der Waals surface area contributed by atoms with Crippen LogP contribution in [-0.2, 0) is 10.0 Å². The van der Waals surface area contributed by atoms with Crippen molar-refractivity contribution in [3.63, 3.8) is 0 Å². The van der Waals surface area contributed by atoms with Gasteiger partial charge in [-0.25, -0.2) is 13.1 Å². The summed E-state index contributed by atoms with van der Waals surface area (Å²) in [5, 5.41) is 3.42. The minimum atomic E-state index is -3.19. The molecule has 0 spiro atoms. The zero-order valence-corrected chi connectivity index (χ0v) is 12.4. The third kappa shape index (κ3) is 4.47. The monoisotopic (exact) mass is 311 g/mol. The molecule has 7 nitrogen and oxygen atoms in total. The molecule has 0 bridgehead atoms. The van der Waals surface area contributed by atoms with Crippen molar-refractivity contribution >= 4 is 32.6 Å². The van der Waals surface area contributed by atoms with E-state index in [1.165, 1.54) is 0 Å². The molecule has 1 aromatic heterocycles. The van der Waals surface area contributed by atoms with Crippen LogP contribution in [-0.4, -0.2) is 33.7 Å². The predicted octanol–water partition coefficient (Wildman–Crippen LogP) is 0.684. The Labute approximate surface area is 122 Å². The highest BCUT2D eigenvalue weighted by Crippen LogP contribution is 2.21. The maximum atomic E-state index is 11.9. The van der Waals surface area contributed by atoms with E-state index >= 15 is 0 Å². The quantitative estimate of drug-likeness (QED) is 0.536. The summed E-state index contributed by atoms with van der Waals surface area (Å²) in [6.45, 7) is 0.621. The molecule has 0 saturated carbocycles. The Bertz CT molecular complexity index is 752. The Morgan fingerprint density at radius 2 is 2.05 bits per heavy atom. The number of anilines is 1. The highest BCUT2D eigenvalue weighted by molar-refractivity contribution is 7.88. The van der Waals surface area contributed by atoms with E-state index < -0.39 is 10.0 Å². The standard InChI is InChI=1S/C13H17N3O4S/c1-21(18,19)16-6-2-5-15-13(17)12-8-9-7-10(14)3-4-11(9)20-12/h3-4,7-8,16H,2,5-6,14H2,1H3,(H,15,17). The number of nitrogens with two attached hydrogens (primary N) is 1. The van der Waals surface area contributed by atoms with Crippen LogP contribution in [0.25, 0.3) is 11.0 Å². The van der Waals surface area contributed by atoms with Gasteiger partial charge in [0, 0.05) is 24.2 Å². The first kappa shape index (κ1) is 15.3. The van der Waals surface area contributed by atoms with Crippen LogP contribution in [0, 0.1) is 0 Å². The van der Waals surface area contributed by atoms with Crippen molar-refractivity contribution in [2.75, 3.05) is 25.1 Å². The third-order valence-corrected chi connectivity index (χ3v) is 3.50. The highest BCUT2D eigenvalue weighted by atomic mass is 32.2. The van der Waals surface area contributed by atoms with Gasteiger partial charge in [-0.15, -0.1) is 0 Å². The van der Waals surface area contributed by atoms with Crippen molar-refractivity contribution < 1.29 is 17.6 Å². The van der Waals surface area contributed by atoms with Gasteiger partial charge in [-0.1, -0.05) is 0 Å². The summed E-state index contributed by atoms with van der Waals surface area (Å²) in [7, 11) is -3.19. The number of hydrogen-bond donors (Lipinski definition) is 3. The van der Waals surface area contributed by atoms with Crippen LogP contribution in [0.15, 0.2) is 28.7 Å². The van der Waals surface area contributed by atoms with Crippen LogP contribution in [0.1, 0.15) is 17.0 Å². The summed E-state index contributed by atoms with van der Waals surface area (Å²) in [5.74, 6) is -0.143. The van der Waals surface area contributed by atoms with E-state index in [-0.39, 0.29) is 18.2 Å². The van der Waals surface area contributed by atoms with Crippen molar-refractivity contribution in [1.82, 2.24) is 10.0 Å². The zero-order chi connectivity index (χ0) is 15.5. The molecule has 1 heterocycles. The molecule has 2 rings (SSSR count). The Morgan fingerprint density at radius 1 is 1.29 bits per heavy atom. The fourth-order valence-corrected chi connectivity index (χ4v) is 2.32. The molecule has 0 unspecified atom stereocenters. The highest BCUT2D eigenvalue weighted by Gasteiger charge is 2.11. The lowest BCUT2D eigenvalue weighted by Crippen LogP contribution is -2.29. The van der Waals surface area contributed by atoms with Gasteiger partial charge in [0.15, 0.2) is 5.76 Å². The summed E-state index contributed by atoms with van der Waals surface area (Å²) in [4.78, 5) is 11.9. The summed E-state index contributed by atoms with van der Waals surface area (Å²) in [6.07, 6.45) is 1.58. The first-order chi connectivity index (χ1) is 9.85. The number of nitrogens with one attached hydrogen (secondary N) is 2. The van der Waals surface area contributed by atoms with Crippen molar-refractivity contribution in [2.24, 2.45) is 0 Å². The van der Waals surface area contributed by atoms with E-state index in [1.54, 1.807) is 24.3 Å². The molecule has 0 atom stereocenters. The van der Waals surface area contributed by atoms with Crippen molar-refractivity contribution in [1.29, 1.82) is 0 Å². The van der Waals surface area contributed by atoms with Gasteiger partial charge in [-0.2, -0.15) is 0 Å². The average molecular weight is 311 g/mol. The summed E-state index contributed by atoms with van der Waals surface area (Å²) < 4.78 is 29.5. The molecule has 8 heteroatoms. The van der Waals surface area contributed by atoms with Crippen LogP contribution in [0.4, 0.5) is 5.69 Å². The number of amides is 1. The summed E-state index contributed by atoms with van der Waals surface area (Å²) in [5.41, 5.74) is 6.85. The van der Waals surface area contributed by atoms with Crippen molar-refractivity contribution in [3.05, 3.63) is 30.0 Å². The minimum absolute atomic E-state index is 0.201. The fraction of sp³-hybridized carbons (Fsp3) is 0.308. The van der Waals surface area contributed by atoms with Crippen molar-refractivity contribution in [3.8, 4) is 0 Å². The van der Waals surface area contributed by atoms with Crippen LogP contribution in [0.3, 0.4) is 0 Å². The number of furan rings is 1. The molecule has 1 aromatic carbocycles. The number of rotatable bonds is 6. The summed E-state index contributed by atoms with van der Waals surface area (Å²) in [6, 6.07) is 6.75. The Hall–Kier alpha value is -2.06. The van der Waals surface area contributed by atoms with Gasteiger partial charge < -0.3 is 15.5 Å². The number of benzene rings is 1. The van der Waals surface area contributed by atoms with Crippen molar-refractivity contribution in [2.45, 2.75) is 6.42 Å². The Morgan fingerprint density at radius 3 is 2.76 bits per heavy atom. The molecular weight excluding hydrogens is 294 g/mol. The lowest BCUT2D eigenvalue weighted by atomic mass is 10.2. The molecule has 1 amide bonds. The normalized spacial score (nSPS) is 11.7. The van der Waals surface area contributed by atoms with Crippen LogP contribution in [0.5, 0.6) is 0 Å². The number of hydrogen-bond acceptors (Lipinski definition) is 5. The van der Waals surface area contributed by atoms with Gasteiger partial charge >= 0.3 is 0 Å². The largest absolute Gasteiger partial charge is 0.451 e. The number of carbonyl (C=O) groups is 1. The number of nitrogen functional groups attached to an aromatic ring is 1. The van der Waals surface area contributed by atoms with E-state index in [4.69, 9.17) is 10.2 Å². The van der Waals surface area contributed by atoms with Crippen LogP contribution < -0.4 is 15.8 Å². The maximum absolute atomic E-state index is 11.9. The topological polar surface area (TPSA) is 114 Å². The van der Waals surface area contributed by atoms with E-state index in [0.717, 1.165) is 11.6 Å². The molecule has 0 radical (unpaired) electrons. The molecule has 2 aromatic rings. The van der Waals surface area contributed by atoms with E-state index in [0.29, 0.717) is 24.2 Å². The van der Waals surface area contributed by atoms with E-state index in [1.807, 2.05) is 0 Å². The smallest absolute Gasteiger partial charge is 0.287 e. The second kappa shape index (κ2) is 6.15. The van der Waals surface area contributed by atoms with E-state index in [2.05, 4.69) is 10.0 Å². The lowest BCUT2D eigenvalue weighted by Gasteiger charge is -2.03. The van der Waals surface area contributed by atoms with Gasteiger partial charge in [0.05, 0.1) is 6.26 Å². The second-order valence-electron chi connectivity index (χ2n) is 4.68. The molecule has 114 valence electrons. The number of carbonyl (C=O) groups excluding carboxylic acids is 1. The minimum Gasteiger partial charge on any atom is -0.451 e. The molecule has 4 N–H and O–H groups in total. The van der Waals surface area contributed by atoms with E-state index in [9.17, 15) is 13.2 Å². The Kier molecular flexibility index (Phi) is 4.49. The van der Waals surface area contributed by atoms with Gasteiger partial charge in [-0.3, -0.25) is 4.79 Å². The Balaban J connectivity index is 1.87. The lowest BCUT2D eigenvalue weighted by molar-refractivity contribution is 0.0928. The fourth-order valence-electron chi connectivity index (χ4n) is 1.81. The number of fused-ring (bicyclic) bond motifs is 1. The molecule has 0 saturated heterocycles. The number of sulfonamides is 1. The molecule has 21 heavy (non-hydrogen) atoms. The zero-order valence-electron chi connectivity index (χ0n) is 11.5. The molecule has 0 aliphatic rings. The molecule has 0 aliphatic carbocycles. The van der Waals surface area contributed by atoms with Gasteiger partial charge in [0.25, 0.3) is 5.91 Å². The first-order valence-electron chi connectivity index (χ1n) is 6.37. The summed E-state index contributed by atoms with van der Waals surface area (Å²) >= 11 is 0.